The highest BCUT2D eigenvalue weighted by Crippen LogP contribution is 2.31. The minimum Gasteiger partial charge on any atom is -0.313 e. The number of hydrogen-bond acceptors (Lipinski definition) is 2. The van der Waals surface area contributed by atoms with E-state index in [0.717, 1.165) is 17.2 Å². The molecule has 1 rings (SSSR count). The van der Waals surface area contributed by atoms with E-state index in [4.69, 9.17) is 0 Å². The minimum absolute atomic E-state index is 0.768. The van der Waals surface area contributed by atoms with E-state index >= 15 is 0 Å². The third-order valence-corrected chi connectivity index (χ3v) is 5.18. The van der Waals surface area contributed by atoms with Gasteiger partial charge in [0.05, 0.1) is 0 Å². The quantitative estimate of drug-likeness (QED) is 0.655. The molecule has 0 heterocycles. The van der Waals surface area contributed by atoms with Gasteiger partial charge in [-0.2, -0.15) is 11.8 Å². The molecule has 0 amide bonds. The third kappa shape index (κ3) is 5.58. The second-order valence-electron chi connectivity index (χ2n) is 5.24. The second kappa shape index (κ2) is 8.41. The molecule has 1 saturated carbocycles. The maximum Gasteiger partial charge on any atom is 0.0160 e. The van der Waals surface area contributed by atoms with Gasteiger partial charge in [-0.15, -0.1) is 0 Å². The lowest BCUT2D eigenvalue weighted by Crippen LogP contribution is -2.35. The molecule has 16 heavy (non-hydrogen) atoms. The van der Waals surface area contributed by atoms with Crippen LogP contribution in [0.2, 0.25) is 0 Å². The van der Waals surface area contributed by atoms with Gasteiger partial charge in [0.25, 0.3) is 0 Å². The fraction of sp³-hybridized carbons (Fsp3) is 1.00. The van der Waals surface area contributed by atoms with E-state index in [1.807, 2.05) is 0 Å². The molecule has 0 radical (unpaired) electrons. The van der Waals surface area contributed by atoms with Crippen molar-refractivity contribution in [3.63, 3.8) is 0 Å². The number of rotatable bonds is 9. The summed E-state index contributed by atoms with van der Waals surface area (Å²) in [6.45, 7) is 8.09. The van der Waals surface area contributed by atoms with Crippen LogP contribution in [0.3, 0.4) is 0 Å². The molecule has 2 heteroatoms. The van der Waals surface area contributed by atoms with Crippen LogP contribution in [0.5, 0.6) is 0 Å². The fourth-order valence-electron chi connectivity index (χ4n) is 2.09. The Morgan fingerprint density at radius 3 is 2.56 bits per heavy atom. The highest BCUT2D eigenvalue weighted by atomic mass is 32.2. The number of nitrogens with one attached hydrogen (secondary N) is 1. The molecule has 2 atom stereocenters. The topological polar surface area (TPSA) is 12.0 Å². The summed E-state index contributed by atoms with van der Waals surface area (Å²) in [6, 6.07) is 0.768. The number of hydrogen-bond donors (Lipinski definition) is 1. The van der Waals surface area contributed by atoms with Crippen LogP contribution < -0.4 is 5.32 Å². The van der Waals surface area contributed by atoms with E-state index in [1.165, 1.54) is 50.8 Å². The molecule has 0 aromatic rings. The lowest BCUT2D eigenvalue weighted by molar-refractivity contribution is 0.268. The number of thioether (sulfide) groups is 1. The van der Waals surface area contributed by atoms with E-state index in [1.54, 1.807) is 0 Å². The van der Waals surface area contributed by atoms with Gasteiger partial charge in [0.2, 0.25) is 0 Å². The molecule has 1 aliphatic rings. The van der Waals surface area contributed by atoms with Crippen LogP contribution in [0.15, 0.2) is 0 Å². The predicted octanol–water partition coefficient (Wildman–Crippen LogP) is 4.08. The van der Waals surface area contributed by atoms with Gasteiger partial charge in [-0.05, 0) is 31.7 Å². The van der Waals surface area contributed by atoms with Gasteiger partial charge in [-0.25, -0.2) is 0 Å². The normalized spacial score (nSPS) is 20.4. The summed E-state index contributed by atoms with van der Waals surface area (Å²) in [6.07, 6.45) is 8.42. The lowest BCUT2D eigenvalue weighted by atomic mass is 9.81. The van der Waals surface area contributed by atoms with Gasteiger partial charge in [0.1, 0.15) is 0 Å². The smallest absolute Gasteiger partial charge is 0.0160 e. The van der Waals surface area contributed by atoms with Crippen molar-refractivity contribution < 1.29 is 0 Å². The molecule has 1 fully saturated rings. The van der Waals surface area contributed by atoms with Crippen molar-refractivity contribution in [2.45, 2.75) is 70.6 Å². The SMILES string of the molecule is CCCNC(CSC(C)CC)CC1CCC1. The van der Waals surface area contributed by atoms with E-state index < -0.39 is 0 Å². The zero-order chi connectivity index (χ0) is 11.8. The van der Waals surface area contributed by atoms with Gasteiger partial charge in [0.15, 0.2) is 0 Å². The van der Waals surface area contributed by atoms with Gasteiger partial charge < -0.3 is 5.32 Å². The maximum atomic E-state index is 3.73. The molecule has 2 unspecified atom stereocenters. The summed E-state index contributed by atoms with van der Waals surface area (Å²) in [5, 5.41) is 4.55. The van der Waals surface area contributed by atoms with Gasteiger partial charge in [-0.3, -0.25) is 0 Å². The molecule has 1 aliphatic carbocycles. The van der Waals surface area contributed by atoms with E-state index in [9.17, 15) is 0 Å². The first-order valence-electron chi connectivity index (χ1n) is 7.11. The van der Waals surface area contributed by atoms with Crippen molar-refractivity contribution in [1.82, 2.24) is 5.32 Å². The molecule has 0 aromatic carbocycles. The van der Waals surface area contributed by atoms with Crippen LogP contribution in [-0.4, -0.2) is 23.6 Å². The summed E-state index contributed by atoms with van der Waals surface area (Å²) >= 11 is 2.15. The van der Waals surface area contributed by atoms with Crippen LogP contribution in [0.4, 0.5) is 0 Å². The highest BCUT2D eigenvalue weighted by molar-refractivity contribution is 7.99. The second-order valence-corrected chi connectivity index (χ2v) is 6.71. The Hall–Kier alpha value is 0.310. The van der Waals surface area contributed by atoms with Crippen molar-refractivity contribution in [3.8, 4) is 0 Å². The average molecular weight is 243 g/mol. The molecular formula is C14H29NS. The predicted molar refractivity (Wildman–Crippen MR) is 76.3 cm³/mol. The Morgan fingerprint density at radius 1 is 1.31 bits per heavy atom. The van der Waals surface area contributed by atoms with Gasteiger partial charge in [0, 0.05) is 17.0 Å². The van der Waals surface area contributed by atoms with Crippen molar-refractivity contribution in [1.29, 1.82) is 0 Å². The zero-order valence-electron chi connectivity index (χ0n) is 11.3. The summed E-state index contributed by atoms with van der Waals surface area (Å²) in [4.78, 5) is 0. The molecule has 1 nitrogen and oxygen atoms in total. The highest BCUT2D eigenvalue weighted by Gasteiger charge is 2.22. The Morgan fingerprint density at radius 2 is 2.06 bits per heavy atom. The van der Waals surface area contributed by atoms with Gasteiger partial charge in [-0.1, -0.05) is 40.0 Å². The van der Waals surface area contributed by atoms with Crippen molar-refractivity contribution in [3.05, 3.63) is 0 Å². The first-order valence-corrected chi connectivity index (χ1v) is 8.16. The monoisotopic (exact) mass is 243 g/mol. The molecule has 0 saturated heterocycles. The van der Waals surface area contributed by atoms with Crippen LogP contribution in [0.1, 0.15) is 59.3 Å². The Balaban J connectivity index is 2.18. The molecule has 96 valence electrons. The minimum atomic E-state index is 0.768. The lowest BCUT2D eigenvalue weighted by Gasteiger charge is -2.30. The summed E-state index contributed by atoms with van der Waals surface area (Å²) < 4.78 is 0. The van der Waals surface area contributed by atoms with Crippen LogP contribution >= 0.6 is 11.8 Å². The molecule has 0 spiro atoms. The van der Waals surface area contributed by atoms with Crippen LogP contribution in [0, 0.1) is 5.92 Å². The summed E-state index contributed by atoms with van der Waals surface area (Å²) in [5.74, 6) is 2.35. The third-order valence-electron chi connectivity index (χ3n) is 3.68. The average Bonchev–Trinajstić information content (AvgIpc) is 2.25. The molecule has 0 bridgehead atoms. The molecule has 0 aromatic heterocycles. The van der Waals surface area contributed by atoms with Crippen molar-refractivity contribution >= 4 is 11.8 Å². The largest absolute Gasteiger partial charge is 0.313 e. The van der Waals surface area contributed by atoms with Crippen LogP contribution in [0.25, 0.3) is 0 Å². The Bertz CT molecular complexity index is 168. The first-order chi connectivity index (χ1) is 7.76. The van der Waals surface area contributed by atoms with E-state index in [0.29, 0.717) is 0 Å². The van der Waals surface area contributed by atoms with E-state index in [-0.39, 0.29) is 0 Å². The Labute approximate surface area is 106 Å². The maximum absolute atomic E-state index is 3.73. The van der Waals surface area contributed by atoms with Crippen molar-refractivity contribution in [2.24, 2.45) is 5.92 Å². The molecule has 1 N–H and O–H groups in total. The van der Waals surface area contributed by atoms with Gasteiger partial charge >= 0.3 is 0 Å². The van der Waals surface area contributed by atoms with E-state index in [2.05, 4.69) is 37.8 Å². The first kappa shape index (κ1) is 14.4. The van der Waals surface area contributed by atoms with Crippen molar-refractivity contribution in [2.75, 3.05) is 12.3 Å². The zero-order valence-corrected chi connectivity index (χ0v) is 12.1. The summed E-state index contributed by atoms with van der Waals surface area (Å²) in [5.41, 5.74) is 0. The fourth-order valence-corrected chi connectivity index (χ4v) is 3.14. The summed E-state index contributed by atoms with van der Waals surface area (Å²) in [7, 11) is 0. The molecular weight excluding hydrogens is 214 g/mol. The molecule has 0 aliphatic heterocycles. The van der Waals surface area contributed by atoms with Crippen LogP contribution in [-0.2, 0) is 0 Å². The Kier molecular flexibility index (Phi) is 7.55. The standard InChI is InChI=1S/C14H29NS/c1-4-9-15-14(10-13-7-6-8-13)11-16-12(3)5-2/h12-15H,4-11H2,1-3H3.